The summed E-state index contributed by atoms with van der Waals surface area (Å²) in [7, 11) is -9.83. The van der Waals surface area contributed by atoms with Gasteiger partial charge in [0.05, 0.1) is 26.4 Å². The third-order valence-corrected chi connectivity index (χ3v) is 24.7. The maximum atomic E-state index is 13.1. The average molecular weight is 1900 g/mol. The van der Waals surface area contributed by atoms with E-state index in [-0.39, 0.29) is 19.3 Å². The Balaban J connectivity index is 4.61. The van der Waals surface area contributed by atoms with Crippen LogP contribution >= 0.6 is 15.6 Å². The largest absolute Gasteiger partial charge is 0.472 e. The van der Waals surface area contributed by atoms with Gasteiger partial charge in [0, 0.05) is 19.3 Å². The minimum absolute atomic E-state index is 0.0953. The first-order valence-corrected chi connectivity index (χ1v) is 56.7. The molecular weight excluding hydrogens is 1700 g/mol. The predicted octanol–water partition coefficient (Wildman–Crippen LogP) is 34.5. The standard InChI is InChI=1S/C115H196O16P2/c1-4-7-10-13-16-19-22-25-28-31-34-37-40-43-46-49-51-53-54-56-58-60-62-65-68-71-74-77-80-83-86-89-92-95-98-101-113(118)125-104-110(116)105-127-132(121,122)128-106-111(117)107-129-133(123,124)130-109-112(131-115(120)103-100-97-94-91-88-85-82-79-76-73-70-67-64-59-48-45-42-39-36-33-30-27-24-21-18-15-12-9-6-3)108-126-114(119)102-99-96-93-90-87-84-81-78-75-72-69-66-63-61-57-55-52-50-47-44-41-38-35-32-29-26-23-20-17-14-11-8-5-2/h7,9-10,12,16-21,25-30,34-39,43-48,51,53,64,67,110-112,116-117H,4-6,8,11,13-15,22-24,31-33,40-42,49-50,52,54-63,65-66,68-109H2,1-3H3,(H,121,122)(H,123,124)/b10-7-,12-9-,19-16-,20-17-,21-18-,28-25-,29-26-,30-27-,37-34-,38-35-,39-36-,46-43-,47-44-,48-45-,53-51-,67-64-. The van der Waals surface area contributed by atoms with Crippen LogP contribution in [0.3, 0.4) is 0 Å². The smallest absolute Gasteiger partial charge is 0.463 e. The lowest BCUT2D eigenvalue weighted by molar-refractivity contribution is -0.161. The fourth-order valence-corrected chi connectivity index (χ4v) is 16.3. The average Bonchev–Trinajstić information content (AvgIpc) is 0.896. The maximum Gasteiger partial charge on any atom is 0.472 e. The minimum atomic E-state index is -4.95. The molecule has 0 rings (SSSR count). The van der Waals surface area contributed by atoms with E-state index in [0.717, 1.165) is 167 Å². The van der Waals surface area contributed by atoms with Gasteiger partial charge >= 0.3 is 33.6 Å². The number of allylic oxidation sites excluding steroid dienone is 32. The van der Waals surface area contributed by atoms with Crippen LogP contribution in [0.2, 0.25) is 0 Å². The van der Waals surface area contributed by atoms with E-state index in [0.29, 0.717) is 19.3 Å². The number of phosphoric acid groups is 2. The van der Waals surface area contributed by atoms with Crippen molar-refractivity contribution in [3.8, 4) is 0 Å². The molecule has 5 atom stereocenters. The lowest BCUT2D eigenvalue weighted by Crippen LogP contribution is -2.30. The van der Waals surface area contributed by atoms with E-state index in [4.69, 9.17) is 32.3 Å². The SMILES string of the molecule is CC/C=C\C/C=C\C/C=C\C/C=C\C/C=C\C/C=C\CCCCCCCCCCCCCCCCCCC(=O)OCC(O)COP(=O)(O)OCC(O)COP(=O)(O)OCC(COC(=O)CCCCCCCCCCCCCCCCCCC/C=C\C/C=C\C/C=C\C/C=C\CCCCC)OC(=O)CCCCCCCCCCCC/C=C\C/C=C\C/C=C\C/C=C\C/C=C\C/C=C\CC. The summed E-state index contributed by atoms with van der Waals surface area (Å²) in [6.45, 7) is 2.50. The molecule has 762 valence electrons. The molecule has 0 heterocycles. The van der Waals surface area contributed by atoms with Crippen LogP contribution in [0.1, 0.15) is 457 Å². The first kappa shape index (κ1) is 127. The predicted molar refractivity (Wildman–Crippen MR) is 564 cm³/mol. The molecule has 0 saturated carbocycles. The number of ether oxygens (including phenoxy) is 3. The van der Waals surface area contributed by atoms with Crippen LogP contribution in [0.25, 0.3) is 0 Å². The molecular formula is C115H196O16P2. The molecule has 0 aromatic carbocycles. The van der Waals surface area contributed by atoms with Gasteiger partial charge in [-0.1, -0.05) is 466 Å². The number of aliphatic hydroxyl groups excluding tert-OH is 2. The highest BCUT2D eigenvalue weighted by Crippen LogP contribution is 2.45. The van der Waals surface area contributed by atoms with Crippen molar-refractivity contribution in [1.29, 1.82) is 0 Å². The Morgan fingerprint density at radius 2 is 0.398 bits per heavy atom. The number of unbranched alkanes of at least 4 members (excludes halogenated alkanes) is 46. The van der Waals surface area contributed by atoms with Gasteiger partial charge in [-0.05, 0) is 167 Å². The molecule has 133 heavy (non-hydrogen) atoms. The summed E-state index contributed by atoms with van der Waals surface area (Å²) in [5.74, 6) is -1.56. The summed E-state index contributed by atoms with van der Waals surface area (Å²) >= 11 is 0. The van der Waals surface area contributed by atoms with Gasteiger partial charge < -0.3 is 34.2 Å². The van der Waals surface area contributed by atoms with Crippen molar-refractivity contribution in [2.45, 2.75) is 476 Å². The van der Waals surface area contributed by atoms with E-state index in [1.54, 1.807) is 0 Å². The van der Waals surface area contributed by atoms with Gasteiger partial charge in [-0.3, -0.25) is 32.5 Å². The Kier molecular flexibility index (Phi) is 101. The fourth-order valence-electron chi connectivity index (χ4n) is 14.7. The van der Waals surface area contributed by atoms with Crippen LogP contribution in [0.5, 0.6) is 0 Å². The van der Waals surface area contributed by atoms with E-state index >= 15 is 0 Å². The van der Waals surface area contributed by atoms with Crippen molar-refractivity contribution < 1.29 is 75.8 Å². The number of esters is 3. The molecule has 0 aromatic rings. The van der Waals surface area contributed by atoms with Gasteiger partial charge in [-0.25, -0.2) is 9.13 Å². The Morgan fingerprint density at radius 1 is 0.218 bits per heavy atom. The summed E-state index contributed by atoms with van der Waals surface area (Å²) in [6.07, 6.45) is 142. The van der Waals surface area contributed by atoms with Crippen molar-refractivity contribution in [3.05, 3.63) is 194 Å². The molecule has 0 spiro atoms. The summed E-state index contributed by atoms with van der Waals surface area (Å²) in [5.41, 5.74) is 0. The number of carbonyl (C=O) groups excluding carboxylic acids is 3. The lowest BCUT2D eigenvalue weighted by atomic mass is 10.0. The van der Waals surface area contributed by atoms with E-state index in [2.05, 4.69) is 215 Å². The summed E-state index contributed by atoms with van der Waals surface area (Å²) < 4.78 is 61.8. The maximum absolute atomic E-state index is 13.1. The van der Waals surface area contributed by atoms with Crippen molar-refractivity contribution in [3.63, 3.8) is 0 Å². The van der Waals surface area contributed by atoms with Gasteiger partial charge in [0.1, 0.15) is 25.4 Å². The van der Waals surface area contributed by atoms with Crippen LogP contribution in [0.4, 0.5) is 0 Å². The second-order valence-electron chi connectivity index (χ2n) is 35.6. The Bertz CT molecular complexity index is 3200. The molecule has 18 heteroatoms. The quantitative estimate of drug-likeness (QED) is 0.0146. The fraction of sp³-hybridized carbons (Fsp3) is 0.696. The second-order valence-corrected chi connectivity index (χ2v) is 38.6. The highest BCUT2D eigenvalue weighted by Gasteiger charge is 2.30. The van der Waals surface area contributed by atoms with Gasteiger partial charge in [-0.15, -0.1) is 0 Å². The molecule has 0 aliphatic heterocycles. The molecule has 0 fully saturated rings. The van der Waals surface area contributed by atoms with Crippen LogP contribution < -0.4 is 0 Å². The molecule has 5 unspecified atom stereocenters. The molecule has 16 nitrogen and oxygen atoms in total. The third kappa shape index (κ3) is 107. The summed E-state index contributed by atoms with van der Waals surface area (Å²) in [5, 5.41) is 20.8. The number of rotatable bonds is 101. The zero-order chi connectivity index (χ0) is 96.4. The summed E-state index contributed by atoms with van der Waals surface area (Å²) in [6, 6.07) is 0. The highest BCUT2D eigenvalue weighted by atomic mass is 31.2. The third-order valence-electron chi connectivity index (χ3n) is 22.8. The molecule has 0 radical (unpaired) electrons. The van der Waals surface area contributed by atoms with E-state index in [1.807, 2.05) is 0 Å². The second kappa shape index (κ2) is 105. The summed E-state index contributed by atoms with van der Waals surface area (Å²) in [4.78, 5) is 59.3. The van der Waals surface area contributed by atoms with Crippen LogP contribution in [-0.2, 0) is 55.8 Å². The monoisotopic (exact) mass is 1900 g/mol. The van der Waals surface area contributed by atoms with Crippen LogP contribution in [0.15, 0.2) is 194 Å². The zero-order valence-corrected chi connectivity index (χ0v) is 86.4. The first-order chi connectivity index (χ1) is 65.2. The molecule has 0 aromatic heterocycles. The van der Waals surface area contributed by atoms with Crippen molar-refractivity contribution in [2.24, 2.45) is 0 Å². The minimum Gasteiger partial charge on any atom is -0.463 e. The van der Waals surface area contributed by atoms with E-state index in [9.17, 15) is 43.5 Å². The topological polar surface area (TPSA) is 231 Å². The molecule has 0 saturated heterocycles. The molecule has 0 amide bonds. The zero-order valence-electron chi connectivity index (χ0n) is 84.6. The first-order valence-electron chi connectivity index (χ1n) is 53.7. The molecule has 4 N–H and O–H groups in total. The normalized spacial score (nSPS) is 14.4. The molecule has 0 aliphatic carbocycles. The number of aliphatic hydroxyl groups is 2. The number of hydrogen-bond acceptors (Lipinski definition) is 14. The van der Waals surface area contributed by atoms with Gasteiger partial charge in [0.25, 0.3) is 0 Å². The number of phosphoric ester groups is 2. The number of carbonyl (C=O) groups is 3. The van der Waals surface area contributed by atoms with Crippen LogP contribution in [0, 0.1) is 0 Å². The Labute approximate surface area is 814 Å². The molecule has 0 bridgehead atoms. The number of hydrogen-bond donors (Lipinski definition) is 4. The van der Waals surface area contributed by atoms with Gasteiger partial charge in [0.15, 0.2) is 6.10 Å². The van der Waals surface area contributed by atoms with Crippen molar-refractivity contribution in [1.82, 2.24) is 0 Å². The Hall–Kier alpha value is -5.61. The van der Waals surface area contributed by atoms with Crippen molar-refractivity contribution in [2.75, 3.05) is 39.6 Å². The van der Waals surface area contributed by atoms with E-state index < -0.39 is 91.5 Å². The van der Waals surface area contributed by atoms with Gasteiger partial charge in [0.2, 0.25) is 0 Å². The Morgan fingerprint density at radius 3 is 0.632 bits per heavy atom. The molecule has 0 aliphatic rings. The van der Waals surface area contributed by atoms with E-state index in [1.165, 1.54) is 231 Å². The van der Waals surface area contributed by atoms with Gasteiger partial charge in [-0.2, -0.15) is 0 Å². The lowest BCUT2D eigenvalue weighted by Gasteiger charge is -2.21. The van der Waals surface area contributed by atoms with Crippen LogP contribution in [-0.4, -0.2) is 95.9 Å². The highest BCUT2D eigenvalue weighted by molar-refractivity contribution is 7.47. The van der Waals surface area contributed by atoms with Crippen molar-refractivity contribution >= 4 is 33.6 Å².